The zero-order valence-corrected chi connectivity index (χ0v) is 28.3. The number of alkyl carbamates (subject to hydrolysis) is 1. The SMILES string of the molecule is C=N/C=N\N(c1cccc([C@@H](COC(=O)NC2(C(F)(F)F)CC2)N(C(=N)NCCC(C)(C)C)C(=O)c2ccc(-c3ccsn3)cc2)c1)C(F)F. The van der Waals surface area contributed by atoms with Gasteiger partial charge in [0.2, 0.25) is 0 Å². The molecule has 0 spiro atoms. The summed E-state index contributed by atoms with van der Waals surface area (Å²) in [4.78, 5) is 31.4. The normalized spacial score (nSPS) is 14.6. The van der Waals surface area contributed by atoms with Crippen LogP contribution < -0.4 is 15.6 Å². The number of guanidine groups is 1. The number of anilines is 1. The third-order valence-corrected chi connectivity index (χ3v) is 8.33. The van der Waals surface area contributed by atoms with Gasteiger partial charge in [-0.2, -0.15) is 31.4 Å². The number of nitrogens with zero attached hydrogens (tertiary/aromatic N) is 5. The number of nitrogens with one attached hydrogen (secondary N) is 3. The highest BCUT2D eigenvalue weighted by Crippen LogP contribution is 2.49. The van der Waals surface area contributed by atoms with Crippen molar-refractivity contribution in [1.82, 2.24) is 19.9 Å². The Balaban J connectivity index is 1.76. The maximum absolute atomic E-state index is 14.3. The fraction of sp³-hybridized carbons (Fsp3) is 0.394. The molecule has 2 aromatic carbocycles. The molecule has 1 saturated carbocycles. The molecule has 3 aromatic rings. The van der Waals surface area contributed by atoms with Crippen molar-refractivity contribution in [3.05, 3.63) is 71.1 Å². The molecule has 1 heterocycles. The number of aliphatic imine (C=N–C) groups is 1. The van der Waals surface area contributed by atoms with E-state index in [1.165, 1.54) is 47.9 Å². The highest BCUT2D eigenvalue weighted by molar-refractivity contribution is 7.03. The fourth-order valence-corrected chi connectivity index (χ4v) is 5.36. The summed E-state index contributed by atoms with van der Waals surface area (Å²) in [6.07, 6.45) is -5.39. The van der Waals surface area contributed by atoms with Gasteiger partial charge in [-0.05, 0) is 78.8 Å². The number of aromatic nitrogens is 1. The average molecular weight is 721 g/mol. The quantitative estimate of drug-likeness (QED) is 0.0552. The van der Waals surface area contributed by atoms with Crippen molar-refractivity contribution >= 4 is 48.2 Å². The van der Waals surface area contributed by atoms with Gasteiger partial charge in [0.25, 0.3) is 5.91 Å². The second-order valence-electron chi connectivity index (χ2n) is 12.7. The highest BCUT2D eigenvalue weighted by Gasteiger charge is 2.64. The van der Waals surface area contributed by atoms with Gasteiger partial charge < -0.3 is 15.4 Å². The highest BCUT2D eigenvalue weighted by atomic mass is 32.1. The molecule has 50 heavy (non-hydrogen) atoms. The van der Waals surface area contributed by atoms with Crippen LogP contribution in [0.2, 0.25) is 0 Å². The third-order valence-electron chi connectivity index (χ3n) is 7.77. The van der Waals surface area contributed by atoms with Gasteiger partial charge in [0, 0.05) is 23.1 Å². The number of carbonyl (C=O) groups is 2. The first-order valence-electron chi connectivity index (χ1n) is 15.4. The van der Waals surface area contributed by atoms with E-state index in [0.717, 1.165) is 16.8 Å². The molecule has 0 radical (unpaired) electrons. The van der Waals surface area contributed by atoms with E-state index in [-0.39, 0.29) is 41.6 Å². The van der Waals surface area contributed by atoms with Gasteiger partial charge in [-0.25, -0.2) is 9.80 Å². The molecule has 1 fully saturated rings. The minimum Gasteiger partial charge on any atom is -0.447 e. The van der Waals surface area contributed by atoms with E-state index < -0.39 is 48.9 Å². The molecule has 268 valence electrons. The van der Waals surface area contributed by atoms with E-state index in [1.807, 2.05) is 26.1 Å². The van der Waals surface area contributed by atoms with E-state index >= 15 is 0 Å². The molecule has 11 nitrogen and oxygen atoms in total. The van der Waals surface area contributed by atoms with Crippen LogP contribution in [-0.4, -0.2) is 71.7 Å². The summed E-state index contributed by atoms with van der Waals surface area (Å²) in [5.41, 5.74) is -1.12. The fourth-order valence-electron chi connectivity index (χ4n) is 4.83. The Bertz CT molecular complexity index is 1670. The number of amides is 2. The molecule has 3 N–H and O–H groups in total. The Morgan fingerprint density at radius 2 is 1.84 bits per heavy atom. The molecule has 17 heteroatoms. The summed E-state index contributed by atoms with van der Waals surface area (Å²) < 4.78 is 78.4. The standard InChI is InChI=1S/C33H37F5N8O3S/c1-31(2,3)15-16-41-29(39)45(27(47)22-10-8-21(9-11-22)25-12-17-50-44-25)26(19-49-30(48)43-32(13-14-32)33(36,37)38)23-6-5-7-24(18-23)46(28(34)35)42-20-40-4/h5-12,17-18,20,26,28H,4,13-16,19H2,1-3H3,(H2,39,41)(H,43,48)/b42-20-/t26-/m1/s1. The minimum absolute atomic E-state index is 0.106. The van der Waals surface area contributed by atoms with Crippen molar-refractivity contribution in [3.63, 3.8) is 0 Å². The summed E-state index contributed by atoms with van der Waals surface area (Å²) in [5, 5.41) is 19.5. The monoisotopic (exact) mass is 720 g/mol. The number of benzene rings is 2. The van der Waals surface area contributed by atoms with Crippen LogP contribution in [0.4, 0.5) is 32.4 Å². The second-order valence-corrected chi connectivity index (χ2v) is 13.3. The van der Waals surface area contributed by atoms with Crippen LogP contribution in [0.1, 0.15) is 62.0 Å². The van der Waals surface area contributed by atoms with Crippen molar-refractivity contribution in [2.24, 2.45) is 15.5 Å². The number of alkyl halides is 5. The van der Waals surface area contributed by atoms with Crippen LogP contribution in [0.15, 0.2) is 70.1 Å². The van der Waals surface area contributed by atoms with Crippen molar-refractivity contribution in [2.45, 2.75) is 64.3 Å². The average Bonchev–Trinajstić information content (AvgIpc) is 3.64. The number of hydrogen-bond acceptors (Lipinski definition) is 8. The number of halogens is 5. The molecule has 1 aliphatic carbocycles. The van der Waals surface area contributed by atoms with Crippen molar-refractivity contribution < 1.29 is 36.3 Å². The van der Waals surface area contributed by atoms with Gasteiger partial charge in [-0.3, -0.25) is 20.1 Å². The summed E-state index contributed by atoms with van der Waals surface area (Å²) >= 11 is 1.25. The van der Waals surface area contributed by atoms with Crippen LogP contribution in [-0.2, 0) is 4.74 Å². The second kappa shape index (κ2) is 15.7. The lowest BCUT2D eigenvalue weighted by Crippen LogP contribution is -2.50. The molecule has 0 unspecified atom stereocenters. The number of rotatable bonds is 13. The summed E-state index contributed by atoms with van der Waals surface area (Å²) in [5.74, 6) is -1.16. The molecule has 1 aromatic heterocycles. The van der Waals surface area contributed by atoms with Crippen LogP contribution in [0, 0.1) is 10.8 Å². The van der Waals surface area contributed by atoms with E-state index in [9.17, 15) is 31.5 Å². The minimum atomic E-state index is -4.72. The lowest BCUT2D eigenvalue weighted by Gasteiger charge is -2.33. The Kier molecular flexibility index (Phi) is 11.9. The number of ether oxygens (including phenoxy) is 1. The van der Waals surface area contributed by atoms with Gasteiger partial charge in [0.15, 0.2) is 5.96 Å². The van der Waals surface area contributed by atoms with Crippen molar-refractivity contribution in [3.8, 4) is 11.3 Å². The maximum atomic E-state index is 14.3. The number of hydrogen-bond donors (Lipinski definition) is 3. The lowest BCUT2D eigenvalue weighted by molar-refractivity contribution is -0.164. The van der Waals surface area contributed by atoms with E-state index in [4.69, 9.17) is 10.1 Å². The van der Waals surface area contributed by atoms with Gasteiger partial charge in [0.05, 0.1) is 17.4 Å². The summed E-state index contributed by atoms with van der Waals surface area (Å²) in [7, 11) is 0. The zero-order chi connectivity index (χ0) is 36.7. The Morgan fingerprint density at radius 1 is 1.14 bits per heavy atom. The molecule has 0 bridgehead atoms. The Hall–Kier alpha value is -4.93. The first-order chi connectivity index (χ1) is 23.5. The Morgan fingerprint density at radius 3 is 2.40 bits per heavy atom. The van der Waals surface area contributed by atoms with Crippen LogP contribution in [0.25, 0.3) is 11.3 Å². The van der Waals surface area contributed by atoms with Crippen LogP contribution in [0.3, 0.4) is 0 Å². The first-order valence-corrected chi connectivity index (χ1v) is 16.2. The van der Waals surface area contributed by atoms with E-state index in [2.05, 4.69) is 26.5 Å². The van der Waals surface area contributed by atoms with Crippen LogP contribution >= 0.6 is 11.5 Å². The molecule has 0 aliphatic heterocycles. The molecule has 4 rings (SSSR count). The maximum Gasteiger partial charge on any atom is 0.411 e. The summed E-state index contributed by atoms with van der Waals surface area (Å²) in [6, 6.07) is 12.1. The molecule has 1 atom stereocenters. The smallest absolute Gasteiger partial charge is 0.411 e. The van der Waals surface area contributed by atoms with Gasteiger partial charge >= 0.3 is 18.8 Å². The number of hydrazone groups is 1. The van der Waals surface area contributed by atoms with E-state index in [1.54, 1.807) is 23.6 Å². The first kappa shape index (κ1) is 37.9. The molecule has 0 saturated heterocycles. The van der Waals surface area contributed by atoms with Gasteiger partial charge in [-0.1, -0.05) is 45.0 Å². The van der Waals surface area contributed by atoms with Gasteiger partial charge in [-0.15, -0.1) is 0 Å². The largest absolute Gasteiger partial charge is 0.447 e. The lowest BCUT2D eigenvalue weighted by atomic mass is 9.92. The predicted octanol–water partition coefficient (Wildman–Crippen LogP) is 7.45. The third kappa shape index (κ3) is 9.61. The van der Waals surface area contributed by atoms with Crippen molar-refractivity contribution in [1.29, 1.82) is 5.41 Å². The number of carbonyl (C=O) groups excluding carboxylic acids is 2. The predicted molar refractivity (Wildman–Crippen MR) is 182 cm³/mol. The molecular formula is C33H37F5N8O3S. The van der Waals surface area contributed by atoms with Gasteiger partial charge in [0.1, 0.15) is 18.5 Å². The summed E-state index contributed by atoms with van der Waals surface area (Å²) in [6.45, 7) is 5.52. The topological polar surface area (TPSA) is 135 Å². The molecule has 2 amide bonds. The molecular weight excluding hydrogens is 683 g/mol. The van der Waals surface area contributed by atoms with E-state index in [0.29, 0.717) is 17.1 Å². The van der Waals surface area contributed by atoms with Crippen LogP contribution in [0.5, 0.6) is 0 Å². The Labute approximate surface area is 289 Å². The zero-order valence-electron chi connectivity index (χ0n) is 27.5. The molecule has 1 aliphatic rings. The van der Waals surface area contributed by atoms with Crippen molar-refractivity contribution in [2.75, 3.05) is 18.2 Å².